The van der Waals surface area contributed by atoms with Crippen LogP contribution in [0, 0.1) is 6.92 Å². The summed E-state index contributed by atoms with van der Waals surface area (Å²) in [5, 5.41) is 1.88. The van der Waals surface area contributed by atoms with Crippen LogP contribution in [0.25, 0.3) is 21.9 Å². The van der Waals surface area contributed by atoms with E-state index in [9.17, 15) is 4.79 Å². The lowest BCUT2D eigenvalue weighted by molar-refractivity contribution is 0.0528. The fourth-order valence-corrected chi connectivity index (χ4v) is 2.84. The van der Waals surface area contributed by atoms with Crippen LogP contribution in [0.1, 0.15) is 22.8 Å². The minimum Gasteiger partial charge on any atom is -0.462 e. The third-order valence-electron chi connectivity index (χ3n) is 3.90. The van der Waals surface area contributed by atoms with Crippen molar-refractivity contribution in [3.8, 4) is 11.1 Å². The standard InChI is InChI=1S/C20H19NO2/c1-3-23-20(22)18-17(14-9-6-7-13(2)11-14)12-15-8-4-5-10-16(15)19(18)21/h4-12H,3,21H2,1-2H3. The first-order valence-electron chi connectivity index (χ1n) is 7.67. The number of anilines is 1. The second-order valence-corrected chi connectivity index (χ2v) is 5.52. The summed E-state index contributed by atoms with van der Waals surface area (Å²) >= 11 is 0. The van der Waals surface area contributed by atoms with Gasteiger partial charge in [0.25, 0.3) is 0 Å². The van der Waals surface area contributed by atoms with Gasteiger partial charge in [0.1, 0.15) is 0 Å². The Balaban J connectivity index is 2.34. The molecule has 0 aliphatic rings. The zero-order valence-electron chi connectivity index (χ0n) is 13.3. The van der Waals surface area contributed by atoms with Crippen LogP contribution in [-0.2, 0) is 4.74 Å². The Morgan fingerprint density at radius 1 is 1.09 bits per heavy atom. The van der Waals surface area contributed by atoms with E-state index in [0.29, 0.717) is 17.9 Å². The summed E-state index contributed by atoms with van der Waals surface area (Å²) in [6, 6.07) is 17.8. The molecule has 3 aromatic carbocycles. The highest BCUT2D eigenvalue weighted by Crippen LogP contribution is 2.35. The van der Waals surface area contributed by atoms with Gasteiger partial charge in [0, 0.05) is 5.39 Å². The van der Waals surface area contributed by atoms with E-state index < -0.39 is 0 Å². The number of ether oxygens (including phenoxy) is 1. The molecule has 2 N–H and O–H groups in total. The van der Waals surface area contributed by atoms with Gasteiger partial charge in [-0.25, -0.2) is 4.79 Å². The van der Waals surface area contributed by atoms with Crippen LogP contribution in [-0.4, -0.2) is 12.6 Å². The molecule has 0 aliphatic heterocycles. The number of hydrogen-bond acceptors (Lipinski definition) is 3. The molecule has 0 saturated heterocycles. The van der Waals surface area contributed by atoms with Gasteiger partial charge < -0.3 is 10.5 Å². The van der Waals surface area contributed by atoms with Gasteiger partial charge in [0.2, 0.25) is 0 Å². The molecule has 0 atom stereocenters. The minimum absolute atomic E-state index is 0.318. The Morgan fingerprint density at radius 2 is 1.87 bits per heavy atom. The molecule has 3 heteroatoms. The van der Waals surface area contributed by atoms with Crippen molar-refractivity contribution in [2.24, 2.45) is 0 Å². The third-order valence-corrected chi connectivity index (χ3v) is 3.90. The Bertz CT molecular complexity index is 884. The monoisotopic (exact) mass is 305 g/mol. The molecular formula is C20H19NO2. The van der Waals surface area contributed by atoms with Gasteiger partial charge in [-0.15, -0.1) is 0 Å². The van der Waals surface area contributed by atoms with Gasteiger partial charge in [0.15, 0.2) is 0 Å². The van der Waals surface area contributed by atoms with Crippen molar-refractivity contribution in [3.63, 3.8) is 0 Å². The predicted octanol–water partition coefficient (Wildman–Crippen LogP) is 4.57. The highest BCUT2D eigenvalue weighted by Gasteiger charge is 2.20. The number of nitrogens with two attached hydrogens (primary N) is 1. The highest BCUT2D eigenvalue weighted by atomic mass is 16.5. The van der Waals surface area contributed by atoms with E-state index in [2.05, 4.69) is 0 Å². The Labute approximate surface area is 135 Å². The molecule has 0 unspecified atom stereocenters. The van der Waals surface area contributed by atoms with Crippen molar-refractivity contribution in [2.75, 3.05) is 12.3 Å². The number of carbonyl (C=O) groups excluding carboxylic acids is 1. The van der Waals surface area contributed by atoms with Crippen molar-refractivity contribution in [3.05, 3.63) is 65.7 Å². The van der Waals surface area contributed by atoms with Gasteiger partial charge >= 0.3 is 5.97 Å². The van der Waals surface area contributed by atoms with Crippen molar-refractivity contribution in [1.29, 1.82) is 0 Å². The maximum Gasteiger partial charge on any atom is 0.340 e. The number of aryl methyl sites for hydroxylation is 1. The summed E-state index contributed by atoms with van der Waals surface area (Å²) in [7, 11) is 0. The number of fused-ring (bicyclic) bond motifs is 1. The van der Waals surface area contributed by atoms with Crippen LogP contribution in [0.15, 0.2) is 54.6 Å². The molecule has 0 heterocycles. The van der Waals surface area contributed by atoms with Gasteiger partial charge in [-0.2, -0.15) is 0 Å². The second-order valence-electron chi connectivity index (χ2n) is 5.52. The van der Waals surface area contributed by atoms with Crippen molar-refractivity contribution in [2.45, 2.75) is 13.8 Å². The van der Waals surface area contributed by atoms with Crippen molar-refractivity contribution in [1.82, 2.24) is 0 Å². The molecule has 0 radical (unpaired) electrons. The van der Waals surface area contributed by atoms with E-state index in [1.54, 1.807) is 6.92 Å². The molecule has 3 aromatic rings. The van der Waals surface area contributed by atoms with Crippen molar-refractivity contribution < 1.29 is 9.53 Å². The van der Waals surface area contributed by atoms with Gasteiger partial charge in [-0.05, 0) is 36.4 Å². The first-order valence-corrected chi connectivity index (χ1v) is 7.67. The molecule has 0 amide bonds. The fourth-order valence-electron chi connectivity index (χ4n) is 2.84. The Morgan fingerprint density at radius 3 is 2.61 bits per heavy atom. The van der Waals surface area contributed by atoms with Gasteiger partial charge in [-0.1, -0.05) is 54.1 Å². The smallest absolute Gasteiger partial charge is 0.340 e. The molecule has 0 saturated carbocycles. The zero-order chi connectivity index (χ0) is 16.4. The molecule has 116 valence electrons. The Hall–Kier alpha value is -2.81. The van der Waals surface area contributed by atoms with Crippen LogP contribution in [0.5, 0.6) is 0 Å². The van der Waals surface area contributed by atoms with Gasteiger partial charge in [0.05, 0.1) is 17.9 Å². The summed E-state index contributed by atoms with van der Waals surface area (Å²) < 4.78 is 5.23. The lowest BCUT2D eigenvalue weighted by Crippen LogP contribution is -2.10. The highest BCUT2D eigenvalue weighted by molar-refractivity contribution is 6.11. The quantitative estimate of drug-likeness (QED) is 0.569. The molecule has 0 fully saturated rings. The summed E-state index contributed by atoms with van der Waals surface area (Å²) in [6.07, 6.45) is 0. The molecule has 3 nitrogen and oxygen atoms in total. The van der Waals surface area contributed by atoms with Crippen LogP contribution in [0.4, 0.5) is 5.69 Å². The van der Waals surface area contributed by atoms with E-state index in [-0.39, 0.29) is 5.97 Å². The zero-order valence-corrected chi connectivity index (χ0v) is 13.3. The number of carbonyl (C=O) groups is 1. The normalized spacial score (nSPS) is 10.7. The SMILES string of the molecule is CCOC(=O)c1c(-c2cccc(C)c2)cc2ccccc2c1N. The van der Waals surface area contributed by atoms with Gasteiger partial charge in [-0.3, -0.25) is 0 Å². The van der Waals surface area contributed by atoms with Crippen LogP contribution in [0.2, 0.25) is 0 Å². The molecule has 23 heavy (non-hydrogen) atoms. The minimum atomic E-state index is -0.382. The largest absolute Gasteiger partial charge is 0.462 e. The maximum atomic E-state index is 12.5. The number of esters is 1. The first-order chi connectivity index (χ1) is 11.1. The number of hydrogen-bond donors (Lipinski definition) is 1. The molecule has 3 rings (SSSR count). The summed E-state index contributed by atoms with van der Waals surface area (Å²) in [6.45, 7) is 4.14. The fraction of sp³-hybridized carbons (Fsp3) is 0.150. The molecule has 0 bridgehead atoms. The molecule has 0 aliphatic carbocycles. The van der Waals surface area contributed by atoms with Crippen LogP contribution < -0.4 is 5.73 Å². The lowest BCUT2D eigenvalue weighted by atomic mass is 9.93. The lowest BCUT2D eigenvalue weighted by Gasteiger charge is -2.15. The second kappa shape index (κ2) is 6.13. The summed E-state index contributed by atoms with van der Waals surface area (Å²) in [4.78, 5) is 12.5. The molecular weight excluding hydrogens is 286 g/mol. The van der Waals surface area contributed by atoms with E-state index in [4.69, 9.17) is 10.5 Å². The Kier molecular flexibility index (Phi) is 4.02. The topological polar surface area (TPSA) is 52.3 Å². The molecule has 0 spiro atoms. The number of nitrogen functional groups attached to an aromatic ring is 1. The first kappa shape index (κ1) is 15.1. The van der Waals surface area contributed by atoms with Crippen LogP contribution >= 0.6 is 0 Å². The number of benzene rings is 3. The maximum absolute atomic E-state index is 12.5. The van der Waals surface area contributed by atoms with Crippen LogP contribution in [0.3, 0.4) is 0 Å². The average Bonchev–Trinajstić information content (AvgIpc) is 2.55. The summed E-state index contributed by atoms with van der Waals surface area (Å²) in [5.41, 5.74) is 10.1. The van der Waals surface area contributed by atoms with Crippen molar-refractivity contribution >= 4 is 22.4 Å². The van der Waals surface area contributed by atoms with E-state index in [1.807, 2.05) is 61.5 Å². The average molecular weight is 305 g/mol. The number of rotatable bonds is 3. The van der Waals surface area contributed by atoms with E-state index in [0.717, 1.165) is 27.5 Å². The molecule has 0 aromatic heterocycles. The predicted molar refractivity (Wildman–Crippen MR) is 94.5 cm³/mol. The van der Waals surface area contributed by atoms with E-state index in [1.165, 1.54) is 0 Å². The van der Waals surface area contributed by atoms with E-state index >= 15 is 0 Å². The third kappa shape index (κ3) is 2.78. The summed E-state index contributed by atoms with van der Waals surface area (Å²) in [5.74, 6) is -0.382.